The lowest BCUT2D eigenvalue weighted by atomic mass is 9.86. The molecule has 8 heteroatoms. The number of esters is 1. The summed E-state index contributed by atoms with van der Waals surface area (Å²) in [6.45, 7) is 6.41. The first-order chi connectivity index (χ1) is 14.7. The molecule has 2 aromatic heterocycles. The smallest absolute Gasteiger partial charge is 0.343 e. The monoisotopic (exact) mass is 454 g/mol. The summed E-state index contributed by atoms with van der Waals surface area (Å²) in [6.07, 6.45) is 0.124. The van der Waals surface area contributed by atoms with Crippen LogP contribution in [0.5, 0.6) is 0 Å². The SMILES string of the molecule is CC[C@@]1(O)C(=O)OCc2c1cc1n(c2=O)Cc2cc3cccc([Si](C)(C)CCl)c3nc2-1. The summed E-state index contributed by atoms with van der Waals surface area (Å²) < 4.78 is 6.79. The Labute approximate surface area is 185 Å². The molecule has 0 bridgehead atoms. The van der Waals surface area contributed by atoms with Gasteiger partial charge >= 0.3 is 5.97 Å². The summed E-state index contributed by atoms with van der Waals surface area (Å²) in [5.74, 6) is -0.714. The molecular weight excluding hydrogens is 432 g/mol. The van der Waals surface area contributed by atoms with Gasteiger partial charge in [-0.25, -0.2) is 9.78 Å². The molecule has 1 atom stereocenters. The Bertz CT molecular complexity index is 1330. The standard InChI is InChI=1S/C23H23ClN2O4Si/c1-4-23(29)16-9-17-19-14(10-26(17)21(27)15(16)11-30-22(23)28)8-13-6-5-7-18(20(13)25-19)31(2,3)12-24/h5-9,29H,4,10-12H2,1-3H3/t23-/m0/s1. The van der Waals surface area contributed by atoms with E-state index in [1.165, 1.54) is 5.19 Å². The highest BCUT2D eigenvalue weighted by Gasteiger charge is 2.45. The number of hydrogen-bond donors (Lipinski definition) is 1. The normalized spacial score (nSPS) is 19.7. The molecule has 1 aromatic carbocycles. The number of hydrogen-bond acceptors (Lipinski definition) is 5. The average molecular weight is 455 g/mol. The van der Waals surface area contributed by atoms with Crippen LogP contribution in [0.4, 0.5) is 0 Å². The molecule has 0 saturated carbocycles. The van der Waals surface area contributed by atoms with Crippen molar-refractivity contribution in [2.75, 3.05) is 5.50 Å². The number of alkyl halides is 1. The number of rotatable bonds is 3. The van der Waals surface area contributed by atoms with E-state index in [2.05, 4.69) is 25.2 Å². The molecule has 0 amide bonds. The maximum Gasteiger partial charge on any atom is 0.343 e. The van der Waals surface area contributed by atoms with Crippen LogP contribution in [0.25, 0.3) is 22.3 Å². The number of para-hydroxylation sites is 1. The summed E-state index contributed by atoms with van der Waals surface area (Å²) in [5.41, 5.74) is 2.39. The number of nitrogens with zero attached hydrogens (tertiary/aromatic N) is 2. The van der Waals surface area contributed by atoms with E-state index in [0.29, 0.717) is 28.9 Å². The van der Waals surface area contributed by atoms with Gasteiger partial charge in [0.2, 0.25) is 0 Å². The minimum Gasteiger partial charge on any atom is -0.458 e. The Kier molecular flexibility index (Phi) is 4.45. The van der Waals surface area contributed by atoms with Crippen LogP contribution in [0.1, 0.15) is 30.0 Å². The van der Waals surface area contributed by atoms with Crippen molar-refractivity contribution in [1.82, 2.24) is 9.55 Å². The molecule has 0 radical (unpaired) electrons. The highest BCUT2D eigenvalue weighted by molar-refractivity contribution is 6.95. The van der Waals surface area contributed by atoms with Crippen LogP contribution in [0.15, 0.2) is 35.1 Å². The van der Waals surface area contributed by atoms with Gasteiger partial charge in [0.05, 0.1) is 37.1 Å². The summed E-state index contributed by atoms with van der Waals surface area (Å²) >= 11 is 6.30. The van der Waals surface area contributed by atoms with E-state index >= 15 is 0 Å². The second kappa shape index (κ2) is 6.76. The van der Waals surface area contributed by atoms with Gasteiger partial charge < -0.3 is 14.4 Å². The van der Waals surface area contributed by atoms with Crippen LogP contribution in [0.3, 0.4) is 0 Å². The van der Waals surface area contributed by atoms with Gasteiger partial charge in [0.1, 0.15) is 6.61 Å². The van der Waals surface area contributed by atoms with Crippen LogP contribution >= 0.6 is 11.6 Å². The maximum atomic E-state index is 13.3. The molecule has 31 heavy (non-hydrogen) atoms. The van der Waals surface area contributed by atoms with Gasteiger partial charge in [0, 0.05) is 22.0 Å². The topological polar surface area (TPSA) is 81.4 Å². The van der Waals surface area contributed by atoms with Crippen LogP contribution in [-0.4, -0.2) is 34.2 Å². The van der Waals surface area contributed by atoms with Gasteiger partial charge in [-0.2, -0.15) is 0 Å². The van der Waals surface area contributed by atoms with Crippen molar-refractivity contribution >= 4 is 41.7 Å². The van der Waals surface area contributed by atoms with Crippen molar-refractivity contribution in [3.63, 3.8) is 0 Å². The second-order valence-electron chi connectivity index (χ2n) is 8.99. The number of halogens is 1. The molecule has 6 nitrogen and oxygen atoms in total. The molecule has 0 spiro atoms. The molecule has 3 aromatic rings. The number of cyclic esters (lactones) is 1. The summed E-state index contributed by atoms with van der Waals surface area (Å²) in [7, 11) is -1.88. The second-order valence-corrected chi connectivity index (χ2v) is 14.4. The van der Waals surface area contributed by atoms with Crippen LogP contribution in [0.2, 0.25) is 13.1 Å². The Hall–Kier alpha value is -2.48. The Morgan fingerprint density at radius 1 is 1.29 bits per heavy atom. The maximum absolute atomic E-state index is 13.3. The highest BCUT2D eigenvalue weighted by atomic mass is 35.5. The third-order valence-electron chi connectivity index (χ3n) is 6.60. The molecule has 0 fully saturated rings. The predicted molar refractivity (Wildman–Crippen MR) is 122 cm³/mol. The third kappa shape index (κ3) is 2.76. The highest BCUT2D eigenvalue weighted by Crippen LogP contribution is 2.38. The first-order valence-corrected chi connectivity index (χ1v) is 14.1. The van der Waals surface area contributed by atoms with Crippen LogP contribution in [0, 0.1) is 0 Å². The summed E-state index contributed by atoms with van der Waals surface area (Å²) in [5, 5.41) is 13.2. The molecule has 0 unspecified atom stereocenters. The van der Waals surface area contributed by atoms with E-state index in [9.17, 15) is 14.7 Å². The summed E-state index contributed by atoms with van der Waals surface area (Å²) in [6, 6.07) is 9.99. The average Bonchev–Trinajstić information content (AvgIpc) is 3.12. The Morgan fingerprint density at radius 3 is 2.77 bits per heavy atom. The molecule has 5 rings (SSSR count). The first kappa shape index (κ1) is 20.4. The van der Waals surface area contributed by atoms with Crippen LogP contribution < -0.4 is 10.7 Å². The minimum atomic E-state index is -1.88. The number of ether oxygens (including phenoxy) is 1. The number of benzene rings is 1. The quantitative estimate of drug-likeness (QED) is 0.292. The van der Waals surface area contributed by atoms with Crippen molar-refractivity contribution in [2.45, 2.75) is 45.2 Å². The summed E-state index contributed by atoms with van der Waals surface area (Å²) in [4.78, 5) is 30.6. The fourth-order valence-electron chi connectivity index (χ4n) is 4.63. The number of carbonyl (C=O) groups excluding carboxylic acids is 1. The van der Waals surface area contributed by atoms with E-state index in [-0.39, 0.29) is 18.6 Å². The Balaban J connectivity index is 1.79. The number of fused-ring (bicyclic) bond motifs is 5. The van der Waals surface area contributed by atoms with Gasteiger partial charge in [-0.15, -0.1) is 11.6 Å². The molecule has 2 aliphatic rings. The van der Waals surface area contributed by atoms with Crippen molar-refractivity contribution in [1.29, 1.82) is 0 Å². The van der Waals surface area contributed by atoms with Gasteiger partial charge in [-0.1, -0.05) is 38.2 Å². The number of aliphatic hydroxyl groups is 1. The molecular formula is C23H23ClN2O4Si. The van der Waals surface area contributed by atoms with Crippen molar-refractivity contribution < 1.29 is 14.6 Å². The van der Waals surface area contributed by atoms with E-state index in [1.807, 2.05) is 12.1 Å². The lowest BCUT2D eigenvalue weighted by molar-refractivity contribution is -0.172. The van der Waals surface area contributed by atoms with Crippen molar-refractivity contribution in [3.05, 3.63) is 57.4 Å². The lowest BCUT2D eigenvalue weighted by Crippen LogP contribution is -2.44. The van der Waals surface area contributed by atoms with E-state index < -0.39 is 19.6 Å². The Morgan fingerprint density at radius 2 is 2.06 bits per heavy atom. The van der Waals surface area contributed by atoms with Gasteiger partial charge in [-0.05, 0) is 23.7 Å². The zero-order chi connectivity index (χ0) is 22.1. The third-order valence-corrected chi connectivity index (χ3v) is 11.1. The number of aromatic nitrogens is 2. The number of pyridine rings is 2. The zero-order valence-electron chi connectivity index (χ0n) is 17.7. The largest absolute Gasteiger partial charge is 0.458 e. The predicted octanol–water partition coefficient (Wildman–Crippen LogP) is 2.77. The zero-order valence-corrected chi connectivity index (χ0v) is 19.4. The molecule has 0 aliphatic carbocycles. The molecule has 1 N–H and O–H groups in total. The lowest BCUT2D eigenvalue weighted by Gasteiger charge is -2.31. The van der Waals surface area contributed by atoms with E-state index in [1.54, 1.807) is 17.6 Å². The number of carbonyl (C=O) groups is 1. The molecule has 4 heterocycles. The van der Waals surface area contributed by atoms with E-state index in [4.69, 9.17) is 21.3 Å². The van der Waals surface area contributed by atoms with Crippen molar-refractivity contribution in [2.24, 2.45) is 0 Å². The molecule has 2 aliphatic heterocycles. The van der Waals surface area contributed by atoms with Gasteiger partial charge in [-0.3, -0.25) is 4.79 Å². The van der Waals surface area contributed by atoms with E-state index in [0.717, 1.165) is 22.2 Å². The van der Waals surface area contributed by atoms with Gasteiger partial charge in [0.25, 0.3) is 5.56 Å². The first-order valence-electron chi connectivity index (χ1n) is 10.4. The van der Waals surface area contributed by atoms with Crippen LogP contribution in [-0.2, 0) is 28.3 Å². The minimum absolute atomic E-state index is 0.124. The molecule has 160 valence electrons. The fraction of sp³-hybridized carbons (Fsp3) is 0.348. The molecule has 0 saturated heterocycles. The fourth-order valence-corrected chi connectivity index (χ4v) is 6.59. The van der Waals surface area contributed by atoms with Gasteiger partial charge in [0.15, 0.2) is 5.60 Å². The van der Waals surface area contributed by atoms with Crippen molar-refractivity contribution in [3.8, 4) is 11.4 Å².